The number of ether oxygens (including phenoxy) is 4. The molecule has 3 rings (SSSR count). The number of benzene rings is 2. The Morgan fingerprint density at radius 2 is 2.04 bits per heavy atom. The van der Waals surface area contributed by atoms with E-state index in [4.69, 9.17) is 31.2 Å². The second kappa shape index (κ2) is 9.09. The molecule has 0 radical (unpaired) electrons. The molecule has 0 spiro atoms. The summed E-state index contributed by atoms with van der Waals surface area (Å²) in [4.78, 5) is 0. The summed E-state index contributed by atoms with van der Waals surface area (Å²) in [6.45, 7) is 3.29. The third-order valence-electron chi connectivity index (χ3n) is 3.76. The molecule has 0 amide bonds. The van der Waals surface area contributed by atoms with Crippen LogP contribution < -0.4 is 29.7 Å². The lowest BCUT2D eigenvalue weighted by atomic mass is 10.2. The van der Waals surface area contributed by atoms with Gasteiger partial charge < -0.3 is 24.3 Å². The molecule has 0 saturated carbocycles. The number of nitrogens with zero attached hydrogens (tertiary/aromatic N) is 1. The second-order valence-corrected chi connectivity index (χ2v) is 5.99. The quantitative estimate of drug-likeness (QED) is 0.430. The van der Waals surface area contributed by atoms with E-state index in [-0.39, 0.29) is 6.79 Å². The molecule has 0 fully saturated rings. The Balaban J connectivity index is 1.50. The molecule has 0 aromatic heterocycles. The molecule has 2 aromatic rings. The van der Waals surface area contributed by atoms with Crippen LogP contribution in [0.5, 0.6) is 23.0 Å². The van der Waals surface area contributed by atoms with E-state index in [0.717, 1.165) is 22.6 Å². The molecule has 0 unspecified atom stereocenters. The number of methoxy groups -OCH3 is 1. The Morgan fingerprint density at radius 3 is 2.85 bits per heavy atom. The standard InChI is InChI=1S/C19H21N3O4S/c1-3-24-17-9-14(4-6-15(17)23-2)11-21-22-19(27)20-10-13-5-7-16-18(8-13)26-12-25-16/h4-9,11H,3,10,12H2,1-2H3,(H2,20,22,27)/b21-11-. The van der Waals surface area contributed by atoms with Crippen molar-refractivity contribution in [3.63, 3.8) is 0 Å². The van der Waals surface area contributed by atoms with Crippen LogP contribution in [0.2, 0.25) is 0 Å². The summed E-state index contributed by atoms with van der Waals surface area (Å²) in [5.41, 5.74) is 4.69. The first-order valence-electron chi connectivity index (χ1n) is 8.46. The third-order valence-corrected chi connectivity index (χ3v) is 3.99. The molecule has 142 valence electrons. The van der Waals surface area contributed by atoms with Gasteiger partial charge in [-0.15, -0.1) is 0 Å². The van der Waals surface area contributed by atoms with E-state index >= 15 is 0 Å². The van der Waals surface area contributed by atoms with E-state index in [1.165, 1.54) is 0 Å². The van der Waals surface area contributed by atoms with Gasteiger partial charge in [0.15, 0.2) is 28.1 Å². The maximum atomic E-state index is 5.55. The van der Waals surface area contributed by atoms with Crippen molar-refractivity contribution < 1.29 is 18.9 Å². The van der Waals surface area contributed by atoms with Gasteiger partial charge in [-0.1, -0.05) is 6.07 Å². The molecular weight excluding hydrogens is 366 g/mol. The largest absolute Gasteiger partial charge is 0.493 e. The molecule has 7 nitrogen and oxygen atoms in total. The summed E-state index contributed by atoms with van der Waals surface area (Å²) in [6.07, 6.45) is 1.66. The van der Waals surface area contributed by atoms with Crippen LogP contribution in [0, 0.1) is 0 Å². The predicted octanol–water partition coefficient (Wildman–Crippen LogP) is 2.82. The maximum Gasteiger partial charge on any atom is 0.231 e. The van der Waals surface area contributed by atoms with Gasteiger partial charge in [-0.05, 0) is 60.6 Å². The summed E-state index contributed by atoms with van der Waals surface area (Å²) in [5, 5.41) is 7.66. The first kappa shape index (κ1) is 18.8. The van der Waals surface area contributed by atoms with Gasteiger partial charge in [-0.25, -0.2) is 0 Å². The van der Waals surface area contributed by atoms with Crippen molar-refractivity contribution in [2.75, 3.05) is 20.5 Å². The monoisotopic (exact) mass is 387 g/mol. The third kappa shape index (κ3) is 5.01. The minimum absolute atomic E-state index is 0.261. The average Bonchev–Trinajstić information content (AvgIpc) is 3.15. The summed E-state index contributed by atoms with van der Waals surface area (Å²) in [5.74, 6) is 2.86. The van der Waals surface area contributed by atoms with Gasteiger partial charge in [0.2, 0.25) is 6.79 Å². The van der Waals surface area contributed by atoms with Crippen molar-refractivity contribution in [2.45, 2.75) is 13.5 Å². The Kier molecular flexibility index (Phi) is 6.32. The molecule has 0 aliphatic carbocycles. The van der Waals surface area contributed by atoms with E-state index in [0.29, 0.717) is 29.8 Å². The fourth-order valence-electron chi connectivity index (χ4n) is 2.48. The van der Waals surface area contributed by atoms with Gasteiger partial charge in [0.25, 0.3) is 0 Å². The highest BCUT2D eigenvalue weighted by Gasteiger charge is 2.13. The molecular formula is C19H21N3O4S. The highest BCUT2D eigenvalue weighted by molar-refractivity contribution is 7.80. The topological polar surface area (TPSA) is 73.3 Å². The molecule has 2 aromatic carbocycles. The molecule has 8 heteroatoms. The van der Waals surface area contributed by atoms with Crippen LogP contribution in [0.25, 0.3) is 0 Å². The fourth-order valence-corrected chi connectivity index (χ4v) is 2.60. The molecule has 0 bridgehead atoms. The maximum absolute atomic E-state index is 5.55. The highest BCUT2D eigenvalue weighted by Crippen LogP contribution is 2.32. The first-order valence-corrected chi connectivity index (χ1v) is 8.86. The first-order chi connectivity index (χ1) is 13.2. The average molecular weight is 387 g/mol. The number of thiocarbonyl (C=S) groups is 1. The zero-order valence-corrected chi connectivity index (χ0v) is 16.0. The second-order valence-electron chi connectivity index (χ2n) is 5.58. The van der Waals surface area contributed by atoms with E-state index < -0.39 is 0 Å². The summed E-state index contributed by atoms with van der Waals surface area (Å²) in [6, 6.07) is 11.3. The van der Waals surface area contributed by atoms with Crippen LogP contribution >= 0.6 is 12.2 Å². The van der Waals surface area contributed by atoms with Crippen LogP contribution in [0.4, 0.5) is 0 Å². The van der Waals surface area contributed by atoms with Crippen molar-refractivity contribution in [1.29, 1.82) is 0 Å². The molecule has 1 aliphatic heterocycles. The molecule has 1 aliphatic rings. The summed E-state index contributed by atoms with van der Waals surface area (Å²) in [7, 11) is 1.61. The van der Waals surface area contributed by atoms with Crippen molar-refractivity contribution in [2.24, 2.45) is 5.10 Å². The molecule has 27 heavy (non-hydrogen) atoms. The highest BCUT2D eigenvalue weighted by atomic mass is 32.1. The molecule has 1 heterocycles. The lowest BCUT2D eigenvalue weighted by Crippen LogP contribution is -2.31. The number of hydrazone groups is 1. The minimum atomic E-state index is 0.261. The van der Waals surface area contributed by atoms with Gasteiger partial charge in [0, 0.05) is 6.54 Å². The number of hydrogen-bond acceptors (Lipinski definition) is 6. The lowest BCUT2D eigenvalue weighted by Gasteiger charge is -2.10. The number of rotatable bonds is 7. The normalized spacial score (nSPS) is 12.1. The van der Waals surface area contributed by atoms with Crippen molar-refractivity contribution in [1.82, 2.24) is 10.7 Å². The van der Waals surface area contributed by atoms with Crippen LogP contribution in [-0.4, -0.2) is 31.8 Å². The van der Waals surface area contributed by atoms with Gasteiger partial charge in [0.05, 0.1) is 19.9 Å². The number of nitrogens with one attached hydrogen (secondary N) is 2. The number of fused-ring (bicyclic) bond motifs is 1. The van der Waals surface area contributed by atoms with Crippen molar-refractivity contribution in [3.8, 4) is 23.0 Å². The van der Waals surface area contributed by atoms with E-state index in [1.54, 1.807) is 13.3 Å². The van der Waals surface area contributed by atoms with Crippen LogP contribution in [0.15, 0.2) is 41.5 Å². The molecule has 2 N–H and O–H groups in total. The minimum Gasteiger partial charge on any atom is -0.493 e. The Hall–Kier alpha value is -3.00. The van der Waals surface area contributed by atoms with Gasteiger partial charge in [-0.2, -0.15) is 5.10 Å². The Morgan fingerprint density at radius 1 is 1.19 bits per heavy atom. The van der Waals surface area contributed by atoms with E-state index in [1.807, 2.05) is 43.3 Å². The van der Waals surface area contributed by atoms with Crippen LogP contribution in [0.3, 0.4) is 0 Å². The zero-order chi connectivity index (χ0) is 19.1. The summed E-state index contributed by atoms with van der Waals surface area (Å²) < 4.78 is 21.5. The lowest BCUT2D eigenvalue weighted by molar-refractivity contribution is 0.174. The van der Waals surface area contributed by atoms with Crippen LogP contribution in [-0.2, 0) is 6.54 Å². The van der Waals surface area contributed by atoms with E-state index in [2.05, 4.69) is 15.8 Å². The molecule has 0 saturated heterocycles. The van der Waals surface area contributed by atoms with E-state index in [9.17, 15) is 0 Å². The van der Waals surface area contributed by atoms with Gasteiger partial charge in [0.1, 0.15) is 0 Å². The Labute approximate surface area is 163 Å². The predicted molar refractivity (Wildman–Crippen MR) is 107 cm³/mol. The van der Waals surface area contributed by atoms with Gasteiger partial charge in [-0.3, -0.25) is 5.43 Å². The number of hydrogen-bond donors (Lipinski definition) is 2. The summed E-state index contributed by atoms with van der Waals surface area (Å²) >= 11 is 5.24. The fraction of sp³-hybridized carbons (Fsp3) is 0.263. The van der Waals surface area contributed by atoms with Crippen LogP contribution in [0.1, 0.15) is 18.1 Å². The Bertz CT molecular complexity index is 842. The molecule has 0 atom stereocenters. The van der Waals surface area contributed by atoms with Crippen molar-refractivity contribution >= 4 is 23.5 Å². The SMILES string of the molecule is CCOc1cc(/C=N\NC(=S)NCc2ccc3c(c2)OCO3)ccc1OC. The van der Waals surface area contributed by atoms with Crippen molar-refractivity contribution in [3.05, 3.63) is 47.5 Å². The zero-order valence-electron chi connectivity index (χ0n) is 15.2. The van der Waals surface area contributed by atoms with Gasteiger partial charge >= 0.3 is 0 Å². The smallest absolute Gasteiger partial charge is 0.231 e.